The largest absolute Gasteiger partial charge is 0.178 e. The Morgan fingerprint density at radius 2 is 2.07 bits per heavy atom. The summed E-state index contributed by atoms with van der Waals surface area (Å²) in [6.45, 7) is 2.16. The van der Waals surface area contributed by atoms with Gasteiger partial charge in [0, 0.05) is 5.41 Å². The van der Waals surface area contributed by atoms with Crippen LogP contribution in [0.4, 0.5) is 0 Å². The van der Waals surface area contributed by atoms with Crippen molar-refractivity contribution in [3.63, 3.8) is 0 Å². The Morgan fingerprint density at radius 1 is 1.33 bits per heavy atom. The second-order valence-corrected chi connectivity index (χ2v) is 4.82. The minimum atomic E-state index is 0. The molecule has 0 radical (unpaired) electrons. The third-order valence-electron chi connectivity index (χ3n) is 3.56. The van der Waals surface area contributed by atoms with E-state index in [2.05, 4.69) is 43.9 Å². The molecule has 1 fully saturated rings. The van der Waals surface area contributed by atoms with Crippen molar-refractivity contribution in [2.45, 2.75) is 40.0 Å². The van der Waals surface area contributed by atoms with Gasteiger partial charge in [-0.2, -0.15) is 12.6 Å². The van der Waals surface area contributed by atoms with Crippen molar-refractivity contribution in [2.75, 3.05) is 5.75 Å². The molecule has 0 nitrogen and oxygen atoms in total. The van der Waals surface area contributed by atoms with E-state index in [0.29, 0.717) is 5.41 Å². The molecule has 0 saturated heterocycles. The van der Waals surface area contributed by atoms with E-state index in [4.69, 9.17) is 0 Å². The van der Waals surface area contributed by atoms with Gasteiger partial charge in [-0.3, -0.25) is 0 Å². The van der Waals surface area contributed by atoms with Crippen LogP contribution in [-0.4, -0.2) is 5.75 Å². The van der Waals surface area contributed by atoms with Crippen molar-refractivity contribution in [3.05, 3.63) is 35.5 Å². The average molecular weight is 222 g/mol. The van der Waals surface area contributed by atoms with Crippen molar-refractivity contribution in [1.82, 2.24) is 0 Å². The molecule has 2 aliphatic carbocycles. The maximum atomic E-state index is 4.51. The van der Waals surface area contributed by atoms with Crippen molar-refractivity contribution in [1.29, 1.82) is 0 Å². The lowest BCUT2D eigenvalue weighted by Gasteiger charge is -2.43. The molecule has 1 saturated carbocycles. The maximum Gasteiger partial charge on any atom is 0.000619 e. The Bertz CT molecular complexity index is 298. The van der Waals surface area contributed by atoms with E-state index in [1.165, 1.54) is 24.8 Å². The van der Waals surface area contributed by atoms with Gasteiger partial charge in [-0.1, -0.05) is 49.3 Å². The summed E-state index contributed by atoms with van der Waals surface area (Å²) in [4.78, 5) is 0. The molecular weight excluding hydrogens is 200 g/mol. The first-order valence-electron chi connectivity index (χ1n) is 5.42. The lowest BCUT2D eigenvalue weighted by atomic mass is 9.64. The first kappa shape index (κ1) is 12.6. The van der Waals surface area contributed by atoms with Crippen molar-refractivity contribution < 1.29 is 0 Å². The van der Waals surface area contributed by atoms with Gasteiger partial charge < -0.3 is 0 Å². The second kappa shape index (κ2) is 5.07. The molecule has 0 N–H and O–H groups in total. The number of allylic oxidation sites excluding steroid dienone is 6. The smallest absolute Gasteiger partial charge is 0.000619 e. The van der Waals surface area contributed by atoms with E-state index in [1.807, 2.05) is 0 Å². The summed E-state index contributed by atoms with van der Waals surface area (Å²) >= 11 is 4.51. The van der Waals surface area contributed by atoms with E-state index in [0.717, 1.165) is 12.2 Å². The lowest BCUT2D eigenvalue weighted by molar-refractivity contribution is 0.219. The first-order chi connectivity index (χ1) is 6.77. The number of hydrogen-bond acceptors (Lipinski definition) is 1. The monoisotopic (exact) mass is 222 g/mol. The SMILES string of the molecule is C.CC1=CC=C(C2(CS)CCC2)CC=C1. The lowest BCUT2D eigenvalue weighted by Crippen LogP contribution is -2.33. The zero-order chi connectivity index (χ0) is 10.0. The van der Waals surface area contributed by atoms with Gasteiger partial charge >= 0.3 is 0 Å². The highest BCUT2D eigenvalue weighted by Gasteiger charge is 2.38. The highest BCUT2D eigenvalue weighted by atomic mass is 32.1. The minimum Gasteiger partial charge on any atom is -0.178 e. The van der Waals surface area contributed by atoms with Crippen molar-refractivity contribution >= 4 is 12.6 Å². The van der Waals surface area contributed by atoms with E-state index in [9.17, 15) is 0 Å². The number of hydrogen-bond donors (Lipinski definition) is 1. The molecule has 0 aromatic heterocycles. The van der Waals surface area contributed by atoms with Crippen LogP contribution < -0.4 is 0 Å². The molecule has 0 heterocycles. The molecule has 2 rings (SSSR count). The summed E-state index contributed by atoms with van der Waals surface area (Å²) in [6.07, 6.45) is 14.2. The fourth-order valence-corrected chi connectivity index (χ4v) is 2.82. The fourth-order valence-electron chi connectivity index (χ4n) is 2.31. The van der Waals surface area contributed by atoms with E-state index < -0.39 is 0 Å². The van der Waals surface area contributed by atoms with Crippen LogP contribution in [0.3, 0.4) is 0 Å². The zero-order valence-corrected chi connectivity index (χ0v) is 9.69. The van der Waals surface area contributed by atoms with Crippen molar-refractivity contribution in [2.24, 2.45) is 5.41 Å². The van der Waals surface area contributed by atoms with Crippen LogP contribution in [0.5, 0.6) is 0 Å². The number of thiol groups is 1. The molecule has 1 heteroatoms. The third-order valence-corrected chi connectivity index (χ3v) is 4.17. The Morgan fingerprint density at radius 3 is 2.60 bits per heavy atom. The summed E-state index contributed by atoms with van der Waals surface area (Å²) in [5.41, 5.74) is 3.38. The van der Waals surface area contributed by atoms with Gasteiger partial charge in [0.2, 0.25) is 0 Å². The standard InChI is InChI=1S/C13H18S.CH4/c1-11-4-2-5-12(7-6-11)13(10-14)8-3-9-13;/h2,4,6-7,14H,3,5,8-10H2,1H3;1H4. The normalized spacial score (nSPS) is 23.1. The van der Waals surface area contributed by atoms with Crippen LogP contribution in [0.25, 0.3) is 0 Å². The maximum absolute atomic E-state index is 4.51. The van der Waals surface area contributed by atoms with Crippen LogP contribution in [0, 0.1) is 5.41 Å². The molecule has 15 heavy (non-hydrogen) atoms. The zero-order valence-electron chi connectivity index (χ0n) is 8.79. The Kier molecular flexibility index (Phi) is 4.27. The molecule has 0 amide bonds. The van der Waals surface area contributed by atoms with Gasteiger partial charge in [0.15, 0.2) is 0 Å². The van der Waals surface area contributed by atoms with Gasteiger partial charge in [-0.15, -0.1) is 0 Å². The molecule has 2 aliphatic rings. The van der Waals surface area contributed by atoms with Crippen LogP contribution in [0.2, 0.25) is 0 Å². The van der Waals surface area contributed by atoms with Gasteiger partial charge in [0.05, 0.1) is 0 Å². The summed E-state index contributed by atoms with van der Waals surface area (Å²) in [5, 5.41) is 0. The predicted octanol–water partition coefficient (Wildman–Crippen LogP) is 4.56. The van der Waals surface area contributed by atoms with E-state index in [-0.39, 0.29) is 7.43 Å². The summed E-state index contributed by atoms with van der Waals surface area (Å²) in [5.74, 6) is 1.01. The predicted molar refractivity (Wildman–Crippen MR) is 72.5 cm³/mol. The topological polar surface area (TPSA) is 0 Å². The second-order valence-electron chi connectivity index (χ2n) is 4.50. The quantitative estimate of drug-likeness (QED) is 0.651. The van der Waals surface area contributed by atoms with Crippen LogP contribution in [-0.2, 0) is 0 Å². The first-order valence-corrected chi connectivity index (χ1v) is 6.05. The molecule has 0 aliphatic heterocycles. The third kappa shape index (κ3) is 2.39. The molecule has 0 aromatic rings. The van der Waals surface area contributed by atoms with E-state index >= 15 is 0 Å². The number of rotatable bonds is 2. The highest BCUT2D eigenvalue weighted by Crippen LogP contribution is 2.49. The van der Waals surface area contributed by atoms with Gasteiger partial charge in [-0.25, -0.2) is 0 Å². The molecule has 0 atom stereocenters. The minimum absolute atomic E-state index is 0. The Hall–Kier alpha value is -0.430. The Balaban J connectivity index is 0.00000112. The molecule has 84 valence electrons. The molecule has 0 spiro atoms. The van der Waals surface area contributed by atoms with E-state index in [1.54, 1.807) is 5.57 Å². The van der Waals surface area contributed by atoms with Crippen LogP contribution >= 0.6 is 12.6 Å². The highest BCUT2D eigenvalue weighted by molar-refractivity contribution is 7.80. The van der Waals surface area contributed by atoms with Crippen LogP contribution in [0.1, 0.15) is 40.0 Å². The van der Waals surface area contributed by atoms with Crippen molar-refractivity contribution in [3.8, 4) is 0 Å². The summed E-state index contributed by atoms with van der Waals surface area (Å²) < 4.78 is 0. The molecular formula is C14H22S. The summed E-state index contributed by atoms with van der Waals surface area (Å²) in [7, 11) is 0. The Labute approximate surface area is 99.6 Å². The summed E-state index contributed by atoms with van der Waals surface area (Å²) in [6, 6.07) is 0. The molecule has 0 bridgehead atoms. The molecule has 0 unspecified atom stereocenters. The van der Waals surface area contributed by atoms with Gasteiger partial charge in [0.1, 0.15) is 0 Å². The fraction of sp³-hybridized carbons (Fsp3) is 0.571. The molecule has 0 aromatic carbocycles. The van der Waals surface area contributed by atoms with Gasteiger partial charge in [0.25, 0.3) is 0 Å². The average Bonchev–Trinajstić information content (AvgIpc) is 2.31. The van der Waals surface area contributed by atoms with Gasteiger partial charge in [-0.05, 0) is 31.9 Å². The van der Waals surface area contributed by atoms with Crippen LogP contribution in [0.15, 0.2) is 35.5 Å².